The van der Waals surface area contributed by atoms with Crippen molar-refractivity contribution in [2.45, 2.75) is 40.4 Å². The van der Waals surface area contributed by atoms with Crippen LogP contribution < -0.4 is 0 Å². The summed E-state index contributed by atoms with van der Waals surface area (Å²) >= 11 is 7.93. The van der Waals surface area contributed by atoms with E-state index < -0.39 is 0 Å². The summed E-state index contributed by atoms with van der Waals surface area (Å²) in [5.74, 6) is 1.85. The zero-order valence-electron chi connectivity index (χ0n) is 16.8. The topological polar surface area (TPSA) is 0 Å². The molecule has 0 amide bonds. The molecule has 1 unspecified atom stereocenters. The second kappa shape index (κ2) is 7.98. The van der Waals surface area contributed by atoms with Crippen molar-refractivity contribution in [3.63, 3.8) is 0 Å². The molecule has 0 saturated carbocycles. The fourth-order valence-electron chi connectivity index (χ4n) is 4.45. The van der Waals surface area contributed by atoms with Crippen molar-refractivity contribution >= 4 is 56.7 Å². The van der Waals surface area contributed by atoms with Gasteiger partial charge in [-0.25, -0.2) is 0 Å². The highest BCUT2D eigenvalue weighted by Gasteiger charge is 2.23. The van der Waals surface area contributed by atoms with Gasteiger partial charge in [0.1, 0.15) is 0 Å². The van der Waals surface area contributed by atoms with E-state index in [0.717, 1.165) is 17.9 Å². The molecule has 0 N–H and O–H groups in total. The summed E-state index contributed by atoms with van der Waals surface area (Å²) in [6, 6.07) is 23.5. The minimum atomic E-state index is 0.642. The van der Waals surface area contributed by atoms with Gasteiger partial charge in [-0.1, -0.05) is 35.9 Å². The quantitative estimate of drug-likeness (QED) is 0.299. The van der Waals surface area contributed by atoms with Crippen LogP contribution in [-0.4, -0.2) is 10.8 Å². The SMILES string of the molecule is Cc1ccc2c(c1)C(Cc1ccc3cc(Cc4ccc5c(c4)SCS5)sc3c1)CS2. The smallest absolute Gasteiger partial charge is 0.0487 e. The van der Waals surface area contributed by atoms with Crippen molar-refractivity contribution in [3.8, 4) is 0 Å². The van der Waals surface area contributed by atoms with Crippen molar-refractivity contribution < 1.29 is 0 Å². The van der Waals surface area contributed by atoms with Crippen molar-refractivity contribution in [2.24, 2.45) is 0 Å². The highest BCUT2D eigenvalue weighted by atomic mass is 32.2. The van der Waals surface area contributed by atoms with Crippen LogP contribution in [0.2, 0.25) is 0 Å². The lowest BCUT2D eigenvalue weighted by Crippen LogP contribution is -2.01. The normalized spacial score (nSPS) is 17.4. The molecular weight excluding hydrogens is 441 g/mol. The van der Waals surface area contributed by atoms with E-state index in [4.69, 9.17) is 0 Å². The Morgan fingerprint density at radius 3 is 2.63 bits per heavy atom. The van der Waals surface area contributed by atoms with E-state index in [1.54, 1.807) is 5.56 Å². The van der Waals surface area contributed by atoms with E-state index in [1.165, 1.54) is 52.1 Å². The van der Waals surface area contributed by atoms with Gasteiger partial charge in [-0.15, -0.1) is 46.6 Å². The lowest BCUT2D eigenvalue weighted by molar-refractivity contribution is 0.772. The molecule has 2 aliphatic rings. The van der Waals surface area contributed by atoms with Crippen LogP contribution in [0.4, 0.5) is 0 Å². The van der Waals surface area contributed by atoms with Crippen molar-refractivity contribution in [2.75, 3.05) is 10.8 Å². The molecule has 0 nitrogen and oxygen atoms in total. The molecule has 3 heterocycles. The fourth-order valence-corrected chi connectivity index (χ4v) is 9.26. The maximum Gasteiger partial charge on any atom is 0.0487 e. The Hall–Kier alpha value is -1.33. The molecule has 150 valence electrons. The van der Waals surface area contributed by atoms with Crippen LogP contribution in [0.15, 0.2) is 75.4 Å². The molecule has 6 rings (SSSR count). The average molecular weight is 463 g/mol. The third-order valence-electron chi connectivity index (χ3n) is 5.98. The molecule has 0 spiro atoms. The van der Waals surface area contributed by atoms with Gasteiger partial charge in [0.25, 0.3) is 0 Å². The molecule has 0 aliphatic carbocycles. The summed E-state index contributed by atoms with van der Waals surface area (Å²) in [6.45, 7) is 2.21. The van der Waals surface area contributed by atoms with Crippen molar-refractivity contribution in [1.29, 1.82) is 0 Å². The van der Waals surface area contributed by atoms with E-state index in [2.05, 4.69) is 67.6 Å². The van der Waals surface area contributed by atoms with E-state index >= 15 is 0 Å². The summed E-state index contributed by atoms with van der Waals surface area (Å²) < 4.78 is 1.43. The summed E-state index contributed by atoms with van der Waals surface area (Å²) in [4.78, 5) is 5.86. The monoisotopic (exact) mass is 462 g/mol. The summed E-state index contributed by atoms with van der Waals surface area (Å²) in [6.07, 6.45) is 2.19. The number of rotatable bonds is 4. The molecule has 30 heavy (non-hydrogen) atoms. The van der Waals surface area contributed by atoms with E-state index in [0.29, 0.717) is 5.92 Å². The number of fused-ring (bicyclic) bond motifs is 3. The van der Waals surface area contributed by atoms with Gasteiger partial charge in [0.2, 0.25) is 0 Å². The van der Waals surface area contributed by atoms with E-state index in [9.17, 15) is 0 Å². The zero-order chi connectivity index (χ0) is 20.1. The Balaban J connectivity index is 1.23. The first-order valence-corrected chi connectivity index (χ1v) is 14.1. The number of hydrogen-bond acceptors (Lipinski definition) is 4. The Labute approximate surface area is 194 Å². The largest absolute Gasteiger partial charge is 0.140 e. The number of thiophene rings is 1. The first-order valence-electron chi connectivity index (χ1n) is 10.3. The number of thioether (sulfide) groups is 3. The first-order chi connectivity index (χ1) is 14.7. The molecule has 2 aliphatic heterocycles. The van der Waals surface area contributed by atoms with Crippen molar-refractivity contribution in [1.82, 2.24) is 0 Å². The van der Waals surface area contributed by atoms with Crippen LogP contribution in [0.5, 0.6) is 0 Å². The van der Waals surface area contributed by atoms with E-state index in [-0.39, 0.29) is 0 Å². The minimum Gasteiger partial charge on any atom is -0.140 e. The van der Waals surface area contributed by atoms with Crippen LogP contribution in [0, 0.1) is 6.92 Å². The van der Waals surface area contributed by atoms with Crippen molar-refractivity contribution in [3.05, 3.63) is 87.8 Å². The summed E-state index contributed by atoms with van der Waals surface area (Å²) in [5, 5.41) is 2.55. The molecule has 4 heteroatoms. The molecule has 1 aromatic heterocycles. The van der Waals surface area contributed by atoms with Gasteiger partial charge >= 0.3 is 0 Å². The maximum atomic E-state index is 2.44. The molecule has 0 fully saturated rings. The molecular formula is C26H22S4. The van der Waals surface area contributed by atoms with Gasteiger partial charge in [-0.2, -0.15) is 0 Å². The van der Waals surface area contributed by atoms with Crippen LogP contribution >= 0.6 is 46.6 Å². The predicted molar refractivity (Wildman–Crippen MR) is 136 cm³/mol. The first kappa shape index (κ1) is 19.4. The second-order valence-electron chi connectivity index (χ2n) is 8.20. The molecule has 3 aromatic carbocycles. The number of benzene rings is 3. The predicted octanol–water partition coefficient (Wildman–Crippen LogP) is 8.39. The third kappa shape index (κ3) is 3.73. The van der Waals surface area contributed by atoms with Gasteiger partial charge in [0, 0.05) is 41.5 Å². The third-order valence-corrected chi connectivity index (χ3v) is 10.7. The Morgan fingerprint density at radius 2 is 1.67 bits per heavy atom. The van der Waals surface area contributed by atoms with Crippen LogP contribution in [0.25, 0.3) is 10.1 Å². The molecule has 4 aromatic rings. The van der Waals surface area contributed by atoms with Crippen LogP contribution in [-0.2, 0) is 12.8 Å². The second-order valence-corrected chi connectivity index (χ2v) is 12.8. The van der Waals surface area contributed by atoms with Gasteiger partial charge in [0.15, 0.2) is 0 Å². The van der Waals surface area contributed by atoms with Crippen LogP contribution in [0.1, 0.15) is 33.0 Å². The fraction of sp³-hybridized carbons (Fsp3) is 0.231. The molecule has 0 bridgehead atoms. The van der Waals surface area contributed by atoms with Crippen LogP contribution in [0.3, 0.4) is 0 Å². The minimum absolute atomic E-state index is 0.642. The van der Waals surface area contributed by atoms with Gasteiger partial charge < -0.3 is 0 Å². The zero-order valence-corrected chi connectivity index (χ0v) is 20.1. The summed E-state index contributed by atoms with van der Waals surface area (Å²) in [7, 11) is 0. The summed E-state index contributed by atoms with van der Waals surface area (Å²) in [5.41, 5.74) is 5.84. The molecule has 0 saturated heterocycles. The highest BCUT2D eigenvalue weighted by Crippen LogP contribution is 2.43. The standard InChI is InChI=1S/C26H22S4/c1-16-2-6-23-22(8-16)20(14-27-23)9-17-3-5-19-13-21(30-25(19)11-17)10-18-4-7-24-26(12-18)29-15-28-24/h2-8,11-13,20H,9-10,14-15H2,1H3. The van der Waals surface area contributed by atoms with E-state index in [1.807, 2.05) is 46.6 Å². The molecule has 0 radical (unpaired) electrons. The Kier molecular flexibility index (Phi) is 5.15. The highest BCUT2D eigenvalue weighted by molar-refractivity contribution is 8.18. The average Bonchev–Trinajstić information content (AvgIpc) is 3.46. The van der Waals surface area contributed by atoms with Gasteiger partial charge in [-0.3, -0.25) is 0 Å². The maximum absolute atomic E-state index is 2.44. The molecule has 1 atom stereocenters. The lowest BCUT2D eigenvalue weighted by Gasteiger charge is -2.11. The lowest BCUT2D eigenvalue weighted by atomic mass is 9.92. The van der Waals surface area contributed by atoms with Gasteiger partial charge in [0.05, 0.1) is 0 Å². The number of aryl methyl sites for hydroxylation is 1. The Morgan fingerprint density at radius 1 is 0.800 bits per heavy atom. The van der Waals surface area contributed by atoms with Gasteiger partial charge in [-0.05, 0) is 71.7 Å². The Bertz CT molecular complexity index is 1250. The number of hydrogen-bond donors (Lipinski definition) is 0.